The van der Waals surface area contributed by atoms with Gasteiger partial charge in [0.25, 0.3) is 5.91 Å². The van der Waals surface area contributed by atoms with Crippen molar-refractivity contribution in [3.63, 3.8) is 0 Å². The highest BCUT2D eigenvalue weighted by molar-refractivity contribution is 5.97. The van der Waals surface area contributed by atoms with E-state index in [4.69, 9.17) is 9.47 Å². The van der Waals surface area contributed by atoms with Gasteiger partial charge in [-0.1, -0.05) is 45.0 Å². The predicted molar refractivity (Wildman–Crippen MR) is 162 cm³/mol. The van der Waals surface area contributed by atoms with Crippen molar-refractivity contribution in [2.45, 2.75) is 38.6 Å². The van der Waals surface area contributed by atoms with E-state index >= 15 is 0 Å². The summed E-state index contributed by atoms with van der Waals surface area (Å²) in [5, 5.41) is 13.9. The van der Waals surface area contributed by atoms with Gasteiger partial charge in [-0.3, -0.25) is 14.6 Å². The number of nitrogens with one attached hydrogen (secondary N) is 1. The number of ether oxygens (including phenoxy) is 2. The number of halogens is 1. The van der Waals surface area contributed by atoms with Crippen molar-refractivity contribution in [3.8, 4) is 23.0 Å². The molecule has 5 rings (SSSR count). The maximum absolute atomic E-state index is 13.2. The molecule has 0 fully saturated rings. The Hall–Kier alpha value is -5.24. The van der Waals surface area contributed by atoms with Crippen LogP contribution in [0, 0.1) is 5.82 Å². The second kappa shape index (κ2) is 12.3. The van der Waals surface area contributed by atoms with Gasteiger partial charge in [0.05, 0.1) is 12.5 Å². The molecule has 1 atom stereocenters. The second-order valence-electron chi connectivity index (χ2n) is 11.2. The summed E-state index contributed by atoms with van der Waals surface area (Å²) >= 11 is 0. The molecule has 0 saturated carbocycles. The highest BCUT2D eigenvalue weighted by atomic mass is 19.1. The molecular weight excluding hydrogens is 547 g/mol. The summed E-state index contributed by atoms with van der Waals surface area (Å²) in [4.78, 5) is 29.2. The number of carbonyl (C=O) groups is 2. The van der Waals surface area contributed by atoms with Gasteiger partial charge in [-0.05, 0) is 94.7 Å². The molecule has 1 amide bonds. The van der Waals surface area contributed by atoms with Crippen molar-refractivity contribution < 1.29 is 28.6 Å². The normalized spacial score (nSPS) is 12.0. The van der Waals surface area contributed by atoms with Crippen LogP contribution in [0.4, 0.5) is 4.39 Å². The number of carboxylic acid groups (broad SMARTS) is 1. The minimum absolute atomic E-state index is 0.0397. The molecule has 0 saturated heterocycles. The number of pyridine rings is 1. The van der Waals surface area contributed by atoms with Crippen LogP contribution in [-0.4, -0.2) is 22.0 Å². The van der Waals surface area contributed by atoms with Gasteiger partial charge in [0.15, 0.2) is 0 Å². The first-order valence-corrected chi connectivity index (χ1v) is 13.8. The third-order valence-electron chi connectivity index (χ3n) is 6.90. The van der Waals surface area contributed by atoms with Crippen LogP contribution in [0.5, 0.6) is 23.0 Å². The third-order valence-corrected chi connectivity index (χ3v) is 6.90. The maximum atomic E-state index is 13.2. The van der Waals surface area contributed by atoms with Gasteiger partial charge in [0.1, 0.15) is 34.5 Å². The zero-order chi connectivity index (χ0) is 30.6. The number of rotatable bonds is 9. The van der Waals surface area contributed by atoms with Crippen molar-refractivity contribution in [1.29, 1.82) is 0 Å². The van der Waals surface area contributed by atoms with Crippen LogP contribution in [-0.2, 0) is 10.2 Å². The van der Waals surface area contributed by atoms with Gasteiger partial charge in [0, 0.05) is 11.6 Å². The number of fused-ring (bicyclic) bond motifs is 1. The fraction of sp³-hybridized carbons (Fsp3) is 0.171. The Balaban J connectivity index is 1.31. The van der Waals surface area contributed by atoms with Gasteiger partial charge in [-0.25, -0.2) is 4.39 Å². The first-order valence-electron chi connectivity index (χ1n) is 13.8. The molecule has 2 N–H and O–H groups in total. The molecule has 0 spiro atoms. The molecule has 218 valence electrons. The van der Waals surface area contributed by atoms with Crippen molar-refractivity contribution in [1.82, 2.24) is 10.3 Å². The maximum Gasteiger partial charge on any atom is 0.305 e. The lowest BCUT2D eigenvalue weighted by atomic mass is 9.87. The number of carboxylic acids is 1. The Morgan fingerprint density at radius 2 is 1.35 bits per heavy atom. The van der Waals surface area contributed by atoms with E-state index in [0.717, 1.165) is 10.8 Å². The van der Waals surface area contributed by atoms with E-state index in [1.807, 2.05) is 42.5 Å². The molecule has 5 aromatic rings. The largest absolute Gasteiger partial charge is 0.481 e. The van der Waals surface area contributed by atoms with Crippen molar-refractivity contribution in [2.75, 3.05) is 0 Å². The standard InChI is InChI=1S/C35H31FN2O5/c1-35(2,3)25-7-14-28(15-8-25)43-30-13-6-23-21-37-32(19-24(23)18-30)34(41)38-31(20-33(39)40)22-4-11-27(12-5-22)42-29-16-9-26(36)10-17-29/h4-19,21,31H,20H2,1-3H3,(H,38,41)(H,39,40). The molecule has 7 nitrogen and oxygen atoms in total. The van der Waals surface area contributed by atoms with Crippen LogP contribution in [0.1, 0.15) is 54.8 Å². The van der Waals surface area contributed by atoms with Crippen LogP contribution >= 0.6 is 0 Å². The molecule has 43 heavy (non-hydrogen) atoms. The van der Waals surface area contributed by atoms with E-state index in [1.54, 1.807) is 36.5 Å². The monoisotopic (exact) mass is 578 g/mol. The summed E-state index contributed by atoms with van der Waals surface area (Å²) in [6.07, 6.45) is 1.27. The number of benzene rings is 4. The van der Waals surface area contributed by atoms with Gasteiger partial charge >= 0.3 is 5.97 Å². The second-order valence-corrected chi connectivity index (χ2v) is 11.2. The average molecular weight is 579 g/mol. The van der Waals surface area contributed by atoms with Crippen LogP contribution in [0.2, 0.25) is 0 Å². The Morgan fingerprint density at radius 1 is 0.791 bits per heavy atom. The van der Waals surface area contributed by atoms with Crippen LogP contribution < -0.4 is 14.8 Å². The molecule has 0 aliphatic carbocycles. The van der Waals surface area contributed by atoms with E-state index in [2.05, 4.69) is 31.1 Å². The average Bonchev–Trinajstić information content (AvgIpc) is 2.97. The lowest BCUT2D eigenvalue weighted by Crippen LogP contribution is -2.30. The highest BCUT2D eigenvalue weighted by Crippen LogP contribution is 2.29. The van der Waals surface area contributed by atoms with Gasteiger partial charge in [0.2, 0.25) is 0 Å². The zero-order valence-corrected chi connectivity index (χ0v) is 24.0. The first-order chi connectivity index (χ1) is 20.5. The van der Waals surface area contributed by atoms with Crippen molar-refractivity contribution in [3.05, 3.63) is 126 Å². The fourth-order valence-corrected chi connectivity index (χ4v) is 4.53. The lowest BCUT2D eigenvalue weighted by Gasteiger charge is -2.19. The van der Waals surface area contributed by atoms with Crippen LogP contribution in [0.25, 0.3) is 10.8 Å². The number of carbonyl (C=O) groups excluding carboxylic acids is 1. The quantitative estimate of drug-likeness (QED) is 0.183. The number of aromatic nitrogens is 1. The summed E-state index contributed by atoms with van der Waals surface area (Å²) < 4.78 is 24.9. The number of hydrogen-bond donors (Lipinski definition) is 2. The van der Waals surface area contributed by atoms with Crippen LogP contribution in [0.3, 0.4) is 0 Å². The number of nitrogens with zero attached hydrogens (tertiary/aromatic N) is 1. The highest BCUT2D eigenvalue weighted by Gasteiger charge is 2.20. The summed E-state index contributed by atoms with van der Waals surface area (Å²) in [5.74, 6) is 0.301. The SMILES string of the molecule is CC(C)(C)c1ccc(Oc2ccc3cnc(C(=O)NC(CC(=O)O)c4ccc(Oc5ccc(F)cc5)cc4)cc3c2)cc1. The molecule has 1 unspecified atom stereocenters. The van der Waals surface area contributed by atoms with E-state index in [-0.39, 0.29) is 23.3 Å². The first kappa shape index (κ1) is 29.3. The third kappa shape index (κ3) is 7.54. The summed E-state index contributed by atoms with van der Waals surface area (Å²) in [7, 11) is 0. The Labute approximate surface area is 248 Å². The Morgan fingerprint density at radius 3 is 1.95 bits per heavy atom. The van der Waals surface area contributed by atoms with Crippen molar-refractivity contribution >= 4 is 22.6 Å². The molecular formula is C35H31FN2O5. The Bertz CT molecular complexity index is 1750. The molecule has 0 aliphatic heterocycles. The summed E-state index contributed by atoms with van der Waals surface area (Å²) in [6.45, 7) is 6.46. The predicted octanol–water partition coefficient (Wildman–Crippen LogP) is 8.20. The van der Waals surface area contributed by atoms with E-state index in [9.17, 15) is 19.1 Å². The van der Waals surface area contributed by atoms with Crippen LogP contribution in [0.15, 0.2) is 103 Å². The van der Waals surface area contributed by atoms with Gasteiger partial charge in [-0.15, -0.1) is 0 Å². The van der Waals surface area contributed by atoms with Crippen molar-refractivity contribution in [2.24, 2.45) is 0 Å². The van der Waals surface area contributed by atoms with E-state index < -0.39 is 17.9 Å². The molecule has 4 aromatic carbocycles. The fourth-order valence-electron chi connectivity index (χ4n) is 4.53. The van der Waals surface area contributed by atoms with Gasteiger partial charge < -0.3 is 19.9 Å². The zero-order valence-electron chi connectivity index (χ0n) is 24.0. The topological polar surface area (TPSA) is 97.8 Å². The minimum atomic E-state index is -1.07. The summed E-state index contributed by atoms with van der Waals surface area (Å²) in [6, 6.07) is 26.6. The van der Waals surface area contributed by atoms with E-state index in [0.29, 0.717) is 28.6 Å². The summed E-state index contributed by atoms with van der Waals surface area (Å²) in [5.41, 5.74) is 1.97. The molecule has 1 heterocycles. The molecule has 0 bridgehead atoms. The number of hydrogen-bond acceptors (Lipinski definition) is 5. The van der Waals surface area contributed by atoms with E-state index in [1.165, 1.54) is 29.8 Å². The molecule has 0 radical (unpaired) electrons. The lowest BCUT2D eigenvalue weighted by molar-refractivity contribution is -0.137. The molecule has 0 aliphatic rings. The number of amides is 1. The smallest absolute Gasteiger partial charge is 0.305 e. The van der Waals surface area contributed by atoms with Gasteiger partial charge in [-0.2, -0.15) is 0 Å². The molecule has 1 aromatic heterocycles. The Kier molecular flexibility index (Phi) is 8.39. The minimum Gasteiger partial charge on any atom is -0.481 e. The number of aliphatic carboxylic acids is 1. The molecule has 8 heteroatoms.